The predicted octanol–water partition coefficient (Wildman–Crippen LogP) is 1.63. The SMILES string of the molecule is C=CCCCCCOc1cc(B(O)O)ccc1F. The van der Waals surface area contributed by atoms with E-state index in [2.05, 4.69) is 6.58 Å². The molecule has 0 aliphatic rings. The standard InChI is InChI=1S/C13H18BFO3/c1-2-3-4-5-6-9-18-13-10-11(14(16)17)7-8-12(13)15/h2,7-8,10,16-17H,1,3-6,9H2. The van der Waals surface area contributed by atoms with E-state index in [9.17, 15) is 4.39 Å². The highest BCUT2D eigenvalue weighted by Crippen LogP contribution is 2.15. The van der Waals surface area contributed by atoms with Crippen LogP contribution in [0.15, 0.2) is 30.9 Å². The average Bonchev–Trinajstić information content (AvgIpc) is 2.35. The molecule has 0 saturated carbocycles. The number of unbranched alkanes of at least 4 members (excludes halogenated alkanes) is 3. The minimum Gasteiger partial charge on any atom is -0.491 e. The number of benzene rings is 1. The van der Waals surface area contributed by atoms with Crippen LogP contribution in [-0.4, -0.2) is 23.8 Å². The average molecular weight is 252 g/mol. The van der Waals surface area contributed by atoms with Gasteiger partial charge >= 0.3 is 7.12 Å². The highest BCUT2D eigenvalue weighted by Gasteiger charge is 2.14. The lowest BCUT2D eigenvalue weighted by Crippen LogP contribution is -2.29. The molecule has 1 aromatic rings. The van der Waals surface area contributed by atoms with Gasteiger partial charge in [-0.25, -0.2) is 4.39 Å². The van der Waals surface area contributed by atoms with Crippen LogP contribution in [0.5, 0.6) is 5.75 Å². The predicted molar refractivity (Wildman–Crippen MR) is 70.4 cm³/mol. The van der Waals surface area contributed by atoms with E-state index in [1.807, 2.05) is 6.08 Å². The van der Waals surface area contributed by atoms with Gasteiger partial charge in [0.1, 0.15) is 0 Å². The molecule has 18 heavy (non-hydrogen) atoms. The van der Waals surface area contributed by atoms with E-state index >= 15 is 0 Å². The fourth-order valence-corrected chi connectivity index (χ4v) is 1.54. The molecule has 98 valence electrons. The molecule has 0 amide bonds. The fraction of sp³-hybridized carbons (Fsp3) is 0.385. The van der Waals surface area contributed by atoms with Crippen molar-refractivity contribution in [3.05, 3.63) is 36.7 Å². The van der Waals surface area contributed by atoms with Gasteiger partial charge in [-0.05, 0) is 43.3 Å². The van der Waals surface area contributed by atoms with Crippen LogP contribution in [0, 0.1) is 5.82 Å². The maximum Gasteiger partial charge on any atom is 0.488 e. The van der Waals surface area contributed by atoms with E-state index in [0.29, 0.717) is 6.61 Å². The van der Waals surface area contributed by atoms with Crippen LogP contribution in [0.1, 0.15) is 25.7 Å². The summed E-state index contributed by atoms with van der Waals surface area (Å²) in [5, 5.41) is 18.0. The van der Waals surface area contributed by atoms with Crippen molar-refractivity contribution in [2.24, 2.45) is 0 Å². The molecule has 0 aliphatic carbocycles. The van der Waals surface area contributed by atoms with Crippen LogP contribution in [0.3, 0.4) is 0 Å². The van der Waals surface area contributed by atoms with Crippen LogP contribution in [0.25, 0.3) is 0 Å². The number of hydrogen-bond donors (Lipinski definition) is 2. The Morgan fingerprint density at radius 3 is 2.72 bits per heavy atom. The molecule has 0 fully saturated rings. The Labute approximate surface area is 107 Å². The Hall–Kier alpha value is -1.33. The van der Waals surface area contributed by atoms with Gasteiger partial charge in [-0.2, -0.15) is 0 Å². The van der Waals surface area contributed by atoms with Gasteiger partial charge < -0.3 is 14.8 Å². The molecular weight excluding hydrogens is 234 g/mol. The molecule has 0 saturated heterocycles. The van der Waals surface area contributed by atoms with Crippen molar-refractivity contribution >= 4 is 12.6 Å². The first kappa shape index (κ1) is 14.7. The molecule has 0 heterocycles. The highest BCUT2D eigenvalue weighted by atomic mass is 19.1. The molecule has 0 spiro atoms. The molecule has 3 nitrogen and oxygen atoms in total. The molecule has 0 bridgehead atoms. The second kappa shape index (κ2) is 7.90. The van der Waals surface area contributed by atoms with Crippen molar-refractivity contribution < 1.29 is 19.2 Å². The highest BCUT2D eigenvalue weighted by molar-refractivity contribution is 6.58. The third-order valence-electron chi connectivity index (χ3n) is 2.56. The number of hydrogen-bond acceptors (Lipinski definition) is 3. The van der Waals surface area contributed by atoms with Crippen molar-refractivity contribution in [2.45, 2.75) is 25.7 Å². The molecule has 1 rings (SSSR count). The number of allylic oxidation sites excluding steroid dienone is 1. The zero-order valence-electron chi connectivity index (χ0n) is 10.3. The van der Waals surface area contributed by atoms with Gasteiger partial charge in [0.05, 0.1) is 6.61 Å². The van der Waals surface area contributed by atoms with Crippen molar-refractivity contribution in [2.75, 3.05) is 6.61 Å². The first-order valence-electron chi connectivity index (χ1n) is 6.04. The molecule has 0 aromatic heterocycles. The van der Waals surface area contributed by atoms with Gasteiger partial charge in [0.2, 0.25) is 0 Å². The third-order valence-corrected chi connectivity index (χ3v) is 2.56. The minimum absolute atomic E-state index is 0.0596. The molecule has 0 aliphatic heterocycles. The molecule has 0 atom stereocenters. The number of halogens is 1. The van der Waals surface area contributed by atoms with Crippen LogP contribution >= 0.6 is 0 Å². The lowest BCUT2D eigenvalue weighted by molar-refractivity contribution is 0.291. The third kappa shape index (κ3) is 4.90. The fourth-order valence-electron chi connectivity index (χ4n) is 1.54. The summed E-state index contributed by atoms with van der Waals surface area (Å²) in [7, 11) is -1.61. The Balaban J connectivity index is 2.41. The van der Waals surface area contributed by atoms with E-state index in [1.54, 1.807) is 0 Å². The number of rotatable bonds is 8. The van der Waals surface area contributed by atoms with Crippen molar-refractivity contribution in [1.29, 1.82) is 0 Å². The molecular formula is C13H18BFO3. The molecule has 0 radical (unpaired) electrons. The van der Waals surface area contributed by atoms with Crippen molar-refractivity contribution in [3.63, 3.8) is 0 Å². The van der Waals surface area contributed by atoms with Gasteiger partial charge in [0, 0.05) is 0 Å². The summed E-state index contributed by atoms with van der Waals surface area (Å²) in [4.78, 5) is 0. The van der Waals surface area contributed by atoms with Gasteiger partial charge in [0.25, 0.3) is 0 Å². The van der Waals surface area contributed by atoms with Crippen molar-refractivity contribution in [1.82, 2.24) is 0 Å². The maximum atomic E-state index is 13.4. The van der Waals surface area contributed by atoms with Crippen molar-refractivity contribution in [3.8, 4) is 5.75 Å². The Morgan fingerprint density at radius 2 is 2.06 bits per heavy atom. The summed E-state index contributed by atoms with van der Waals surface area (Å²) < 4.78 is 18.6. The number of ether oxygens (including phenoxy) is 1. The Morgan fingerprint density at radius 1 is 1.28 bits per heavy atom. The first-order chi connectivity index (χ1) is 8.65. The lowest BCUT2D eigenvalue weighted by atomic mass is 9.80. The normalized spacial score (nSPS) is 10.2. The summed E-state index contributed by atoms with van der Waals surface area (Å²) in [6.45, 7) is 4.05. The van der Waals surface area contributed by atoms with Gasteiger partial charge in [-0.15, -0.1) is 6.58 Å². The van der Waals surface area contributed by atoms with Gasteiger partial charge in [0.15, 0.2) is 11.6 Å². The van der Waals surface area contributed by atoms with E-state index in [1.165, 1.54) is 18.2 Å². The summed E-state index contributed by atoms with van der Waals surface area (Å²) in [5.41, 5.74) is 0.220. The molecule has 0 unspecified atom stereocenters. The summed E-state index contributed by atoms with van der Waals surface area (Å²) >= 11 is 0. The maximum absolute atomic E-state index is 13.4. The molecule has 1 aromatic carbocycles. The van der Waals surface area contributed by atoms with E-state index in [-0.39, 0.29) is 11.2 Å². The monoisotopic (exact) mass is 252 g/mol. The van der Waals surface area contributed by atoms with Gasteiger partial charge in [-0.1, -0.05) is 12.1 Å². The Kier molecular flexibility index (Phi) is 6.46. The summed E-state index contributed by atoms with van der Waals surface area (Å²) in [6.07, 6.45) is 5.72. The second-order valence-corrected chi connectivity index (χ2v) is 4.05. The quantitative estimate of drug-likeness (QED) is 0.420. The minimum atomic E-state index is -1.61. The molecule has 2 N–H and O–H groups in total. The van der Waals surface area contributed by atoms with Gasteiger partial charge in [-0.3, -0.25) is 0 Å². The Bertz CT molecular complexity index is 382. The zero-order valence-corrected chi connectivity index (χ0v) is 10.3. The van der Waals surface area contributed by atoms with Crippen LogP contribution in [0.2, 0.25) is 0 Å². The van der Waals surface area contributed by atoms with Crippen LogP contribution < -0.4 is 10.2 Å². The summed E-state index contributed by atoms with van der Waals surface area (Å²) in [5.74, 6) is -0.435. The second-order valence-electron chi connectivity index (χ2n) is 4.05. The zero-order chi connectivity index (χ0) is 13.4. The smallest absolute Gasteiger partial charge is 0.488 e. The van der Waals surface area contributed by atoms with Crippen LogP contribution in [-0.2, 0) is 0 Å². The van der Waals surface area contributed by atoms with E-state index in [0.717, 1.165) is 25.7 Å². The first-order valence-corrected chi connectivity index (χ1v) is 6.04. The molecule has 5 heteroatoms. The lowest BCUT2D eigenvalue weighted by Gasteiger charge is -2.08. The van der Waals surface area contributed by atoms with E-state index in [4.69, 9.17) is 14.8 Å². The van der Waals surface area contributed by atoms with Crippen LogP contribution in [0.4, 0.5) is 4.39 Å². The largest absolute Gasteiger partial charge is 0.491 e. The topological polar surface area (TPSA) is 49.7 Å². The summed E-state index contributed by atoms with van der Waals surface area (Å²) in [6, 6.07) is 3.79. The van der Waals surface area contributed by atoms with E-state index < -0.39 is 12.9 Å².